The maximum absolute atomic E-state index is 13.0. The van der Waals surface area contributed by atoms with Crippen LogP contribution in [-0.2, 0) is 0 Å². The van der Waals surface area contributed by atoms with Gasteiger partial charge in [0.05, 0.1) is 0 Å². The van der Waals surface area contributed by atoms with Crippen LogP contribution >= 0.6 is 15.9 Å². The van der Waals surface area contributed by atoms with Gasteiger partial charge in [0.2, 0.25) is 0 Å². The molecular weight excluding hydrogens is 247 g/mol. The zero-order valence-electron chi connectivity index (χ0n) is 7.63. The molecule has 2 nitrogen and oxygen atoms in total. The van der Waals surface area contributed by atoms with E-state index in [2.05, 4.69) is 21.4 Å². The van der Waals surface area contributed by atoms with E-state index in [1.807, 2.05) is 0 Å². The van der Waals surface area contributed by atoms with Crippen LogP contribution in [0.25, 0.3) is 0 Å². The Balaban J connectivity index is 2.32. The quantitative estimate of drug-likeness (QED) is 0.646. The summed E-state index contributed by atoms with van der Waals surface area (Å²) in [6, 6.07) is 4.76. The average Bonchev–Trinajstić information content (AvgIpc) is 2.96. The Labute approximate surface area is 90.8 Å². The number of benzene rings is 1. The van der Waals surface area contributed by atoms with Gasteiger partial charge in [0.1, 0.15) is 5.82 Å². The minimum absolute atomic E-state index is 0.0695. The van der Waals surface area contributed by atoms with Crippen molar-refractivity contribution < 1.29 is 4.39 Å². The first-order valence-electron chi connectivity index (χ1n) is 4.63. The normalized spacial score (nSPS) is 18.2. The molecule has 1 atom stereocenters. The smallest absolute Gasteiger partial charge is 0.123 e. The van der Waals surface area contributed by atoms with Gasteiger partial charge < -0.3 is 0 Å². The Morgan fingerprint density at radius 2 is 2.21 bits per heavy atom. The van der Waals surface area contributed by atoms with Crippen LogP contribution < -0.4 is 11.3 Å². The highest BCUT2D eigenvalue weighted by Gasteiger charge is 2.32. The van der Waals surface area contributed by atoms with Crippen molar-refractivity contribution in [1.29, 1.82) is 0 Å². The van der Waals surface area contributed by atoms with E-state index in [0.717, 1.165) is 22.9 Å². The van der Waals surface area contributed by atoms with E-state index >= 15 is 0 Å². The number of hydrogen-bond donors (Lipinski definition) is 2. The number of halogens is 2. The van der Waals surface area contributed by atoms with Crippen molar-refractivity contribution in [3.05, 3.63) is 34.1 Å². The fourth-order valence-corrected chi connectivity index (χ4v) is 2.16. The number of nitrogens with two attached hydrogens (primary N) is 1. The summed E-state index contributed by atoms with van der Waals surface area (Å²) in [5.74, 6) is 5.81. The lowest BCUT2D eigenvalue weighted by Gasteiger charge is -2.16. The molecule has 0 bridgehead atoms. The molecule has 1 unspecified atom stereocenters. The minimum atomic E-state index is -0.218. The highest BCUT2D eigenvalue weighted by Crippen LogP contribution is 2.42. The van der Waals surface area contributed by atoms with Crippen LogP contribution in [0.4, 0.5) is 4.39 Å². The van der Waals surface area contributed by atoms with Crippen molar-refractivity contribution in [2.24, 2.45) is 11.8 Å². The minimum Gasteiger partial charge on any atom is -0.271 e. The summed E-state index contributed by atoms with van der Waals surface area (Å²) in [5, 5.41) is 0. The van der Waals surface area contributed by atoms with Crippen molar-refractivity contribution in [1.82, 2.24) is 5.43 Å². The third-order valence-electron chi connectivity index (χ3n) is 2.57. The molecule has 0 amide bonds. The van der Waals surface area contributed by atoms with Gasteiger partial charge in [-0.2, -0.15) is 0 Å². The number of nitrogens with one attached hydrogen (secondary N) is 1. The summed E-state index contributed by atoms with van der Waals surface area (Å²) in [4.78, 5) is 0. The summed E-state index contributed by atoms with van der Waals surface area (Å²) < 4.78 is 13.9. The summed E-state index contributed by atoms with van der Waals surface area (Å²) in [6.07, 6.45) is 2.33. The lowest BCUT2D eigenvalue weighted by atomic mass is 10.0. The van der Waals surface area contributed by atoms with Crippen LogP contribution in [0.1, 0.15) is 24.4 Å². The maximum atomic E-state index is 13.0. The van der Waals surface area contributed by atoms with Gasteiger partial charge in [0, 0.05) is 10.5 Å². The largest absolute Gasteiger partial charge is 0.271 e. The summed E-state index contributed by atoms with van der Waals surface area (Å²) in [7, 11) is 0. The molecule has 0 spiro atoms. The monoisotopic (exact) mass is 258 g/mol. The van der Waals surface area contributed by atoms with Gasteiger partial charge in [-0.3, -0.25) is 11.3 Å². The van der Waals surface area contributed by atoms with E-state index in [0.29, 0.717) is 5.92 Å². The summed E-state index contributed by atoms with van der Waals surface area (Å²) >= 11 is 3.41. The van der Waals surface area contributed by atoms with Gasteiger partial charge in [-0.05, 0) is 42.5 Å². The van der Waals surface area contributed by atoms with Crippen molar-refractivity contribution >= 4 is 15.9 Å². The molecule has 2 rings (SSSR count). The zero-order chi connectivity index (χ0) is 10.1. The first-order chi connectivity index (χ1) is 6.72. The zero-order valence-corrected chi connectivity index (χ0v) is 9.22. The molecular formula is C10H12BrFN2. The lowest BCUT2D eigenvalue weighted by molar-refractivity contribution is 0.491. The molecule has 0 aromatic heterocycles. The van der Waals surface area contributed by atoms with E-state index in [-0.39, 0.29) is 11.9 Å². The third-order valence-corrected chi connectivity index (χ3v) is 3.29. The average molecular weight is 259 g/mol. The maximum Gasteiger partial charge on any atom is 0.123 e. The van der Waals surface area contributed by atoms with Crippen molar-refractivity contribution in [2.75, 3.05) is 0 Å². The predicted molar refractivity (Wildman–Crippen MR) is 56.9 cm³/mol. The molecule has 0 saturated heterocycles. The molecule has 4 heteroatoms. The van der Waals surface area contributed by atoms with Crippen LogP contribution in [0, 0.1) is 11.7 Å². The summed E-state index contributed by atoms with van der Waals surface area (Å²) in [5.41, 5.74) is 3.66. The number of rotatable bonds is 3. The molecule has 14 heavy (non-hydrogen) atoms. The second kappa shape index (κ2) is 3.96. The molecule has 0 radical (unpaired) electrons. The van der Waals surface area contributed by atoms with E-state index in [1.54, 1.807) is 6.07 Å². The standard InChI is InChI=1S/C10H12BrFN2/c11-9-4-3-7(12)5-8(9)10(14-13)6-1-2-6/h3-6,10,14H,1-2,13H2. The first kappa shape index (κ1) is 10.1. The fraction of sp³-hybridized carbons (Fsp3) is 0.400. The van der Waals surface area contributed by atoms with Crippen LogP contribution in [0.3, 0.4) is 0 Å². The highest BCUT2D eigenvalue weighted by atomic mass is 79.9. The van der Waals surface area contributed by atoms with Crippen LogP contribution in [0.2, 0.25) is 0 Å². The first-order valence-corrected chi connectivity index (χ1v) is 5.42. The molecule has 1 fully saturated rings. The molecule has 76 valence electrons. The fourth-order valence-electron chi connectivity index (χ4n) is 1.66. The molecule has 0 heterocycles. The van der Waals surface area contributed by atoms with E-state index in [9.17, 15) is 4.39 Å². The Kier molecular flexibility index (Phi) is 2.85. The van der Waals surface area contributed by atoms with E-state index < -0.39 is 0 Å². The Hall–Kier alpha value is -0.450. The lowest BCUT2D eigenvalue weighted by Crippen LogP contribution is -2.29. The van der Waals surface area contributed by atoms with Gasteiger partial charge in [0.15, 0.2) is 0 Å². The van der Waals surface area contributed by atoms with Crippen molar-refractivity contribution in [3.63, 3.8) is 0 Å². The Bertz CT molecular complexity index is 339. The topological polar surface area (TPSA) is 38.0 Å². The van der Waals surface area contributed by atoms with Gasteiger partial charge in [0.25, 0.3) is 0 Å². The van der Waals surface area contributed by atoms with Gasteiger partial charge >= 0.3 is 0 Å². The Morgan fingerprint density at radius 3 is 2.79 bits per heavy atom. The molecule has 1 aromatic carbocycles. The molecule has 1 aromatic rings. The van der Waals surface area contributed by atoms with Crippen molar-refractivity contribution in [2.45, 2.75) is 18.9 Å². The summed E-state index contributed by atoms with van der Waals surface area (Å²) in [6.45, 7) is 0. The second-order valence-corrected chi connectivity index (χ2v) is 4.50. The second-order valence-electron chi connectivity index (χ2n) is 3.65. The van der Waals surface area contributed by atoms with E-state index in [1.165, 1.54) is 12.1 Å². The van der Waals surface area contributed by atoms with Gasteiger partial charge in [-0.15, -0.1) is 0 Å². The Morgan fingerprint density at radius 1 is 1.50 bits per heavy atom. The highest BCUT2D eigenvalue weighted by molar-refractivity contribution is 9.10. The number of hydrogen-bond acceptors (Lipinski definition) is 2. The SMILES string of the molecule is NNC(c1cc(F)ccc1Br)C1CC1. The van der Waals surface area contributed by atoms with Gasteiger partial charge in [-0.1, -0.05) is 15.9 Å². The predicted octanol–water partition coefficient (Wildman–Crippen LogP) is 2.50. The third kappa shape index (κ3) is 1.97. The number of hydrazine groups is 1. The van der Waals surface area contributed by atoms with Gasteiger partial charge in [-0.25, -0.2) is 4.39 Å². The molecule has 1 aliphatic carbocycles. The van der Waals surface area contributed by atoms with Crippen molar-refractivity contribution in [3.8, 4) is 0 Å². The van der Waals surface area contributed by atoms with Crippen LogP contribution in [-0.4, -0.2) is 0 Å². The molecule has 3 N–H and O–H groups in total. The molecule has 0 aliphatic heterocycles. The molecule has 1 aliphatic rings. The van der Waals surface area contributed by atoms with E-state index in [4.69, 9.17) is 5.84 Å². The van der Waals surface area contributed by atoms with Crippen LogP contribution in [0.15, 0.2) is 22.7 Å². The molecule has 1 saturated carbocycles. The van der Waals surface area contributed by atoms with Crippen LogP contribution in [0.5, 0.6) is 0 Å².